The van der Waals surface area contributed by atoms with E-state index in [9.17, 15) is 10.1 Å². The first-order valence-corrected chi connectivity index (χ1v) is 3.58. The molecule has 0 fully saturated rings. The summed E-state index contributed by atoms with van der Waals surface area (Å²) in [6.45, 7) is 0. The Labute approximate surface area is 78.2 Å². The van der Waals surface area contributed by atoms with Gasteiger partial charge >= 0.3 is 5.88 Å². The largest absolute Gasteiger partial charge is 0.433 e. The van der Waals surface area contributed by atoms with Crippen LogP contribution in [0.2, 0.25) is 0 Å². The van der Waals surface area contributed by atoms with Crippen LogP contribution in [0.15, 0.2) is 21.5 Å². The summed E-state index contributed by atoms with van der Waals surface area (Å²) in [5.74, 6) is -0.108. The summed E-state index contributed by atoms with van der Waals surface area (Å²) in [6, 6.07) is 2.63. The van der Waals surface area contributed by atoms with Crippen LogP contribution in [0.3, 0.4) is 0 Å². The van der Waals surface area contributed by atoms with E-state index in [2.05, 4.69) is 17.2 Å². The Balaban J connectivity index is 2.80. The van der Waals surface area contributed by atoms with Crippen molar-refractivity contribution in [3.8, 4) is 0 Å². The monoisotopic (exact) mass is 199 g/mol. The lowest BCUT2D eigenvalue weighted by Gasteiger charge is -1.83. The van der Waals surface area contributed by atoms with Crippen LogP contribution in [0.5, 0.6) is 0 Å². The second-order valence-electron chi connectivity index (χ2n) is 2.03. The molecule has 1 aromatic rings. The number of furan rings is 1. The molecule has 0 saturated carbocycles. The highest BCUT2D eigenvalue weighted by atomic mass is 32.1. The van der Waals surface area contributed by atoms with Crippen molar-refractivity contribution in [1.82, 2.24) is 0 Å². The van der Waals surface area contributed by atoms with Gasteiger partial charge in [-0.1, -0.05) is 0 Å². The molecule has 0 amide bonds. The molecule has 0 aliphatic heterocycles. The quantitative estimate of drug-likeness (QED) is 0.329. The molecule has 0 saturated heterocycles. The fourth-order valence-corrected chi connectivity index (χ4v) is 0.690. The predicted molar refractivity (Wildman–Crippen MR) is 49.7 cm³/mol. The molecule has 13 heavy (non-hydrogen) atoms. The number of thiocarbonyl (C=S) groups is 1. The van der Waals surface area contributed by atoms with E-state index in [0.29, 0.717) is 0 Å². The third kappa shape index (κ3) is 2.64. The van der Waals surface area contributed by atoms with Crippen molar-refractivity contribution in [2.45, 2.75) is 0 Å². The van der Waals surface area contributed by atoms with Crippen LogP contribution in [0.25, 0.3) is 0 Å². The van der Waals surface area contributed by atoms with E-state index in [4.69, 9.17) is 10.2 Å². The minimum absolute atomic E-state index is 0.0564. The molecule has 0 bridgehead atoms. The van der Waals surface area contributed by atoms with Crippen molar-refractivity contribution >= 4 is 29.4 Å². The van der Waals surface area contributed by atoms with Crippen molar-refractivity contribution in [2.75, 3.05) is 0 Å². The Hall–Kier alpha value is -1.76. The fourth-order valence-electron chi connectivity index (χ4n) is 0.637. The Morgan fingerprint density at radius 3 is 2.92 bits per heavy atom. The fraction of sp³-hybridized carbons (Fsp3) is 0. The molecule has 68 valence electrons. The number of nitrogens with two attached hydrogens (primary N) is 1. The van der Waals surface area contributed by atoms with Gasteiger partial charge in [-0.25, -0.2) is 4.99 Å². The molecule has 0 aromatic carbocycles. The molecule has 1 rings (SSSR count). The first-order chi connectivity index (χ1) is 6.09. The molecular formula is C6H5N3O3S. The van der Waals surface area contributed by atoms with Crippen LogP contribution in [0.1, 0.15) is 5.76 Å². The second-order valence-corrected chi connectivity index (χ2v) is 2.45. The van der Waals surface area contributed by atoms with Crippen molar-refractivity contribution in [3.05, 3.63) is 28.0 Å². The van der Waals surface area contributed by atoms with Crippen molar-refractivity contribution in [2.24, 2.45) is 10.7 Å². The summed E-state index contributed by atoms with van der Waals surface area (Å²) < 4.78 is 4.73. The lowest BCUT2D eigenvalue weighted by molar-refractivity contribution is -0.402. The maximum absolute atomic E-state index is 10.2. The minimum Gasteiger partial charge on any atom is -0.400 e. The Morgan fingerprint density at radius 1 is 1.77 bits per heavy atom. The lowest BCUT2D eigenvalue weighted by atomic mass is 10.5. The third-order valence-corrected chi connectivity index (χ3v) is 1.22. The molecule has 1 heterocycles. The highest BCUT2D eigenvalue weighted by molar-refractivity contribution is 7.80. The molecule has 0 unspecified atom stereocenters. The summed E-state index contributed by atoms with van der Waals surface area (Å²) in [5.41, 5.74) is 5.06. The molecule has 0 aliphatic rings. The highest BCUT2D eigenvalue weighted by Crippen LogP contribution is 2.13. The molecule has 1 aromatic heterocycles. The van der Waals surface area contributed by atoms with Crippen molar-refractivity contribution in [3.63, 3.8) is 0 Å². The zero-order chi connectivity index (χ0) is 9.84. The average molecular weight is 199 g/mol. The van der Waals surface area contributed by atoms with Crippen molar-refractivity contribution in [1.29, 1.82) is 0 Å². The first kappa shape index (κ1) is 9.33. The number of aliphatic imine (C=N–C) groups is 1. The predicted octanol–water partition coefficient (Wildman–Crippen LogP) is 0.850. The molecule has 0 radical (unpaired) electrons. The third-order valence-electron chi connectivity index (χ3n) is 1.11. The van der Waals surface area contributed by atoms with Gasteiger partial charge in [0.1, 0.15) is 4.92 Å². The van der Waals surface area contributed by atoms with E-state index < -0.39 is 4.92 Å². The summed E-state index contributed by atoms with van der Waals surface area (Å²) in [4.78, 5) is 13.1. The molecule has 0 spiro atoms. The van der Waals surface area contributed by atoms with Gasteiger partial charge in [0.15, 0.2) is 10.9 Å². The number of nitro groups is 1. The van der Waals surface area contributed by atoms with Crippen LogP contribution in [-0.2, 0) is 0 Å². The van der Waals surface area contributed by atoms with E-state index in [1.165, 1.54) is 18.3 Å². The molecular weight excluding hydrogens is 194 g/mol. The van der Waals surface area contributed by atoms with Gasteiger partial charge < -0.3 is 10.2 Å². The van der Waals surface area contributed by atoms with Gasteiger partial charge in [-0.15, -0.1) is 0 Å². The lowest BCUT2D eigenvalue weighted by Crippen LogP contribution is -2.03. The standard InChI is InChI=1S/C6H5N3O3S/c7-6(13)8-3-4-1-2-5(12-4)9(10)11/h1-3H,(H2,7,13). The topological polar surface area (TPSA) is 94.7 Å². The number of rotatable bonds is 2. The summed E-state index contributed by atoms with van der Waals surface area (Å²) in [7, 11) is 0. The van der Waals surface area contributed by atoms with Gasteiger partial charge in [-0.05, 0) is 18.3 Å². The second kappa shape index (κ2) is 3.76. The van der Waals surface area contributed by atoms with Gasteiger partial charge in [0.05, 0.1) is 12.3 Å². The van der Waals surface area contributed by atoms with Gasteiger partial charge in [-0.3, -0.25) is 10.1 Å². The van der Waals surface area contributed by atoms with Crippen molar-refractivity contribution < 1.29 is 9.34 Å². The van der Waals surface area contributed by atoms with Crippen LogP contribution in [-0.4, -0.2) is 16.3 Å². The zero-order valence-corrected chi connectivity index (χ0v) is 7.15. The van der Waals surface area contributed by atoms with Gasteiger partial charge in [0.2, 0.25) is 0 Å². The van der Waals surface area contributed by atoms with Gasteiger partial charge in [-0.2, -0.15) is 0 Å². The Bertz CT molecular complexity index is 371. The summed E-state index contributed by atoms with van der Waals surface area (Å²) >= 11 is 4.46. The van der Waals surface area contributed by atoms with E-state index in [1.54, 1.807) is 0 Å². The Kier molecular flexibility index (Phi) is 2.70. The molecule has 6 nitrogen and oxygen atoms in total. The van der Waals surface area contributed by atoms with Crippen LogP contribution in [0.4, 0.5) is 5.88 Å². The number of hydrogen-bond donors (Lipinski definition) is 1. The van der Waals surface area contributed by atoms with E-state index in [-0.39, 0.29) is 16.8 Å². The summed E-state index contributed by atoms with van der Waals surface area (Å²) in [6.07, 6.45) is 1.22. The first-order valence-electron chi connectivity index (χ1n) is 3.17. The van der Waals surface area contributed by atoms with Gasteiger partial charge in [0.25, 0.3) is 0 Å². The SMILES string of the molecule is NC(=S)N=Cc1ccc([N+](=O)[O-])o1. The smallest absolute Gasteiger partial charge is 0.400 e. The highest BCUT2D eigenvalue weighted by Gasteiger charge is 2.09. The molecule has 7 heteroatoms. The minimum atomic E-state index is -0.641. The van der Waals surface area contributed by atoms with Crippen LogP contribution >= 0.6 is 12.2 Å². The van der Waals surface area contributed by atoms with Gasteiger partial charge in [0, 0.05) is 0 Å². The normalized spacial score (nSPS) is 10.5. The molecule has 2 N–H and O–H groups in total. The molecule has 0 atom stereocenters. The Morgan fingerprint density at radius 2 is 2.46 bits per heavy atom. The molecule has 0 aliphatic carbocycles. The average Bonchev–Trinajstić information content (AvgIpc) is 2.48. The zero-order valence-electron chi connectivity index (χ0n) is 6.34. The van der Waals surface area contributed by atoms with Crippen LogP contribution < -0.4 is 5.73 Å². The van der Waals surface area contributed by atoms with E-state index in [0.717, 1.165) is 0 Å². The van der Waals surface area contributed by atoms with E-state index in [1.807, 2.05) is 0 Å². The number of nitrogens with zero attached hydrogens (tertiary/aromatic N) is 2. The number of hydrogen-bond acceptors (Lipinski definition) is 4. The maximum atomic E-state index is 10.2. The maximum Gasteiger partial charge on any atom is 0.433 e. The summed E-state index contributed by atoms with van der Waals surface area (Å²) in [5, 5.41) is 10.1. The van der Waals surface area contributed by atoms with Crippen LogP contribution in [0, 0.1) is 10.1 Å². The van der Waals surface area contributed by atoms with E-state index >= 15 is 0 Å².